The highest BCUT2D eigenvalue weighted by molar-refractivity contribution is 6.32. The van der Waals surface area contributed by atoms with E-state index in [0.717, 1.165) is 17.5 Å². The van der Waals surface area contributed by atoms with Gasteiger partial charge in [-0.05, 0) is 12.1 Å². The molecule has 110 valence electrons. The smallest absolute Gasteiger partial charge is 0.223 e. The molecule has 21 heavy (non-hydrogen) atoms. The van der Waals surface area contributed by atoms with Crippen molar-refractivity contribution in [3.63, 3.8) is 0 Å². The average Bonchev–Trinajstić information content (AvgIpc) is 2.90. The molecule has 0 amide bonds. The maximum atomic E-state index is 6.29. The minimum atomic E-state index is -0.0299. The second kappa shape index (κ2) is 5.38. The van der Waals surface area contributed by atoms with Crippen molar-refractivity contribution < 1.29 is 9.47 Å². The lowest BCUT2D eigenvalue weighted by Gasteiger charge is -2.09. The number of hydrogen-bond donors (Lipinski definition) is 2. The van der Waals surface area contributed by atoms with Crippen molar-refractivity contribution in [2.75, 3.05) is 19.4 Å². The number of ether oxygens (including phenoxy) is 2. The second-order valence-electron chi connectivity index (χ2n) is 4.78. The zero-order valence-electron chi connectivity index (χ0n) is 11.5. The van der Waals surface area contributed by atoms with Gasteiger partial charge in [0, 0.05) is 30.2 Å². The van der Waals surface area contributed by atoms with Crippen LogP contribution in [0.4, 0.5) is 5.95 Å². The highest BCUT2D eigenvalue weighted by atomic mass is 35.5. The molecule has 1 aliphatic heterocycles. The average molecular weight is 307 g/mol. The van der Waals surface area contributed by atoms with E-state index >= 15 is 0 Å². The molecule has 1 unspecified atom stereocenters. The molecule has 1 aliphatic rings. The van der Waals surface area contributed by atoms with E-state index in [-0.39, 0.29) is 12.1 Å². The van der Waals surface area contributed by atoms with Crippen LogP contribution >= 0.6 is 11.6 Å². The summed E-state index contributed by atoms with van der Waals surface area (Å²) in [4.78, 5) is 8.19. The van der Waals surface area contributed by atoms with Crippen LogP contribution in [-0.2, 0) is 6.42 Å². The molecule has 4 N–H and O–H groups in total. The summed E-state index contributed by atoms with van der Waals surface area (Å²) in [6.45, 7) is 0.453. The molecule has 1 aromatic carbocycles. The lowest BCUT2D eigenvalue weighted by molar-refractivity contribution is 0.241. The predicted octanol–water partition coefficient (Wildman–Crippen LogP) is 1.65. The maximum absolute atomic E-state index is 6.29. The Labute approximate surface area is 127 Å². The Kier molecular flexibility index (Phi) is 3.57. The van der Waals surface area contributed by atoms with Crippen LogP contribution in [0.1, 0.15) is 5.56 Å². The van der Waals surface area contributed by atoms with Crippen molar-refractivity contribution in [1.29, 1.82) is 0 Å². The fourth-order valence-corrected chi connectivity index (χ4v) is 2.65. The molecular weight excluding hydrogens is 292 g/mol. The minimum Gasteiger partial charge on any atom is -0.487 e. The fourth-order valence-electron chi connectivity index (χ4n) is 2.36. The van der Waals surface area contributed by atoms with Crippen LogP contribution in [0.25, 0.3) is 11.3 Å². The molecule has 1 aromatic heterocycles. The molecule has 0 saturated heterocycles. The third-order valence-corrected chi connectivity index (χ3v) is 3.62. The molecule has 0 spiro atoms. The number of benzene rings is 1. The lowest BCUT2D eigenvalue weighted by Crippen LogP contribution is -2.24. The van der Waals surface area contributed by atoms with Crippen molar-refractivity contribution in [1.82, 2.24) is 9.97 Å². The first kappa shape index (κ1) is 13.9. The van der Waals surface area contributed by atoms with Gasteiger partial charge < -0.3 is 20.9 Å². The van der Waals surface area contributed by atoms with E-state index < -0.39 is 0 Å². The van der Waals surface area contributed by atoms with Crippen molar-refractivity contribution in [3.05, 3.63) is 28.8 Å². The minimum absolute atomic E-state index is 0.0299. The number of hydrogen-bond acceptors (Lipinski definition) is 6. The van der Waals surface area contributed by atoms with Gasteiger partial charge in [0.1, 0.15) is 11.9 Å². The molecule has 0 saturated carbocycles. The van der Waals surface area contributed by atoms with E-state index in [2.05, 4.69) is 9.97 Å². The third kappa shape index (κ3) is 2.59. The number of aromatic nitrogens is 2. The van der Waals surface area contributed by atoms with Crippen molar-refractivity contribution in [2.45, 2.75) is 12.5 Å². The molecular formula is C14H15ClN4O2. The molecule has 3 rings (SSSR count). The summed E-state index contributed by atoms with van der Waals surface area (Å²) in [5.74, 6) is 1.26. The SMILES string of the molecule is COc1cc(-c2cc(Cl)c3c(c2)CC(CN)O3)nc(N)n1. The van der Waals surface area contributed by atoms with Gasteiger partial charge in [0.25, 0.3) is 0 Å². The van der Waals surface area contributed by atoms with Gasteiger partial charge >= 0.3 is 0 Å². The summed E-state index contributed by atoms with van der Waals surface area (Å²) in [6.07, 6.45) is 0.703. The zero-order chi connectivity index (χ0) is 15.0. The van der Waals surface area contributed by atoms with Gasteiger partial charge in [0.2, 0.25) is 11.8 Å². The Bertz CT molecular complexity index is 693. The van der Waals surface area contributed by atoms with E-state index in [1.54, 1.807) is 12.1 Å². The van der Waals surface area contributed by atoms with Crippen LogP contribution in [0.3, 0.4) is 0 Å². The van der Waals surface area contributed by atoms with E-state index in [9.17, 15) is 0 Å². The molecule has 0 fully saturated rings. The first-order valence-corrected chi connectivity index (χ1v) is 6.86. The number of nitrogens with zero attached hydrogens (tertiary/aromatic N) is 2. The number of methoxy groups -OCH3 is 1. The molecule has 0 radical (unpaired) electrons. The number of nitrogen functional groups attached to an aromatic ring is 1. The monoisotopic (exact) mass is 306 g/mol. The second-order valence-corrected chi connectivity index (χ2v) is 5.19. The van der Waals surface area contributed by atoms with E-state index in [0.29, 0.717) is 28.9 Å². The van der Waals surface area contributed by atoms with Crippen LogP contribution in [0.5, 0.6) is 11.6 Å². The van der Waals surface area contributed by atoms with Gasteiger partial charge in [0.05, 0.1) is 17.8 Å². The largest absolute Gasteiger partial charge is 0.487 e. The number of nitrogens with two attached hydrogens (primary N) is 2. The fraction of sp³-hybridized carbons (Fsp3) is 0.286. The van der Waals surface area contributed by atoms with Crippen LogP contribution < -0.4 is 20.9 Å². The Balaban J connectivity index is 2.05. The molecule has 2 heterocycles. The van der Waals surface area contributed by atoms with Crippen LogP contribution in [0.15, 0.2) is 18.2 Å². The number of rotatable bonds is 3. The number of halogens is 1. The van der Waals surface area contributed by atoms with Gasteiger partial charge in [-0.3, -0.25) is 0 Å². The van der Waals surface area contributed by atoms with Crippen molar-refractivity contribution in [3.8, 4) is 22.9 Å². The van der Waals surface area contributed by atoms with Gasteiger partial charge in [0.15, 0.2) is 0 Å². The first-order chi connectivity index (χ1) is 10.1. The maximum Gasteiger partial charge on any atom is 0.223 e. The van der Waals surface area contributed by atoms with Gasteiger partial charge in [-0.2, -0.15) is 4.98 Å². The Morgan fingerprint density at radius 1 is 1.38 bits per heavy atom. The van der Waals surface area contributed by atoms with Gasteiger partial charge in [-0.25, -0.2) is 4.98 Å². The molecule has 1 atom stereocenters. The highest BCUT2D eigenvalue weighted by Crippen LogP contribution is 2.39. The molecule has 0 aliphatic carbocycles. The van der Waals surface area contributed by atoms with Crippen molar-refractivity contribution >= 4 is 17.5 Å². The van der Waals surface area contributed by atoms with E-state index in [4.69, 9.17) is 32.5 Å². The summed E-state index contributed by atoms with van der Waals surface area (Å²) < 4.78 is 10.8. The standard InChI is InChI=1S/C14H15ClN4O2/c1-20-12-5-11(18-14(17)19-12)7-2-8-3-9(6-16)21-13(8)10(15)4-7/h2,4-5,9H,3,6,16H2,1H3,(H2,17,18,19). The predicted molar refractivity (Wildman–Crippen MR) is 80.6 cm³/mol. The van der Waals surface area contributed by atoms with E-state index in [1.165, 1.54) is 7.11 Å². The Hall–Kier alpha value is -2.05. The quantitative estimate of drug-likeness (QED) is 0.895. The molecule has 0 bridgehead atoms. The summed E-state index contributed by atoms with van der Waals surface area (Å²) >= 11 is 6.29. The summed E-state index contributed by atoms with van der Waals surface area (Å²) in [7, 11) is 1.53. The number of anilines is 1. The van der Waals surface area contributed by atoms with Gasteiger partial charge in [-0.15, -0.1) is 0 Å². The normalized spacial score (nSPS) is 16.4. The van der Waals surface area contributed by atoms with Crippen molar-refractivity contribution in [2.24, 2.45) is 5.73 Å². The van der Waals surface area contributed by atoms with Crippen LogP contribution in [0, 0.1) is 0 Å². The Morgan fingerprint density at radius 2 is 2.19 bits per heavy atom. The molecule has 7 heteroatoms. The topological polar surface area (TPSA) is 96.3 Å². The lowest BCUT2D eigenvalue weighted by atomic mass is 10.0. The molecule has 2 aromatic rings. The van der Waals surface area contributed by atoms with E-state index in [1.807, 2.05) is 6.07 Å². The van der Waals surface area contributed by atoms with Gasteiger partial charge in [-0.1, -0.05) is 11.6 Å². The molecule has 6 nitrogen and oxygen atoms in total. The van der Waals surface area contributed by atoms with Crippen LogP contribution in [-0.4, -0.2) is 29.7 Å². The summed E-state index contributed by atoms with van der Waals surface area (Å²) in [5.41, 5.74) is 13.8. The third-order valence-electron chi connectivity index (χ3n) is 3.34. The highest BCUT2D eigenvalue weighted by Gasteiger charge is 2.25. The summed E-state index contributed by atoms with van der Waals surface area (Å²) in [5, 5.41) is 0.537. The zero-order valence-corrected chi connectivity index (χ0v) is 12.2. The Morgan fingerprint density at radius 3 is 2.90 bits per heavy atom. The summed E-state index contributed by atoms with van der Waals surface area (Å²) in [6, 6.07) is 5.49. The number of fused-ring (bicyclic) bond motifs is 1. The first-order valence-electron chi connectivity index (χ1n) is 6.48. The van der Waals surface area contributed by atoms with Crippen LogP contribution in [0.2, 0.25) is 5.02 Å².